The van der Waals surface area contributed by atoms with Gasteiger partial charge in [0.25, 0.3) is 0 Å². The SMILES string of the molecule is CC(C)OP(=S)([S-])OC(C)C.CC(C)OP(=S)([S-])OC(C)C.[Cd+2]. The Labute approximate surface area is 183 Å². The Hall–Kier alpha value is 2.76. The Morgan fingerprint density at radius 3 is 0.783 bits per heavy atom. The van der Waals surface area contributed by atoms with Crippen molar-refractivity contribution in [2.45, 2.75) is 79.8 Å². The Bertz CT molecular complexity index is 331. The fourth-order valence-electron chi connectivity index (χ4n) is 1.08. The van der Waals surface area contributed by atoms with Crippen LogP contribution in [0.4, 0.5) is 0 Å². The summed E-state index contributed by atoms with van der Waals surface area (Å²) in [5.74, 6) is 0. The van der Waals surface area contributed by atoms with Crippen LogP contribution < -0.4 is 0 Å². The van der Waals surface area contributed by atoms with Crippen LogP contribution in [0.1, 0.15) is 55.4 Å². The quantitative estimate of drug-likeness (QED) is 0.237. The van der Waals surface area contributed by atoms with Gasteiger partial charge >= 0.3 is 27.3 Å². The third kappa shape index (κ3) is 24.8. The van der Waals surface area contributed by atoms with Gasteiger partial charge < -0.3 is 42.6 Å². The van der Waals surface area contributed by atoms with Gasteiger partial charge in [0.1, 0.15) is 0 Å². The molecule has 0 heterocycles. The van der Waals surface area contributed by atoms with Gasteiger partial charge in [0.05, 0.1) is 35.8 Å². The molecule has 0 fully saturated rings. The van der Waals surface area contributed by atoms with Gasteiger partial charge in [0.2, 0.25) is 0 Å². The first-order chi connectivity index (χ1) is 9.67. The molecule has 0 radical (unpaired) electrons. The minimum Gasteiger partial charge on any atom is -0.691 e. The van der Waals surface area contributed by atoms with Crippen LogP contribution in [0, 0.1) is 0 Å². The van der Waals surface area contributed by atoms with Crippen molar-refractivity contribution in [1.29, 1.82) is 0 Å². The van der Waals surface area contributed by atoms with Gasteiger partial charge in [0.15, 0.2) is 0 Å². The van der Waals surface area contributed by atoms with Gasteiger partial charge in [-0.05, 0) is 55.4 Å². The van der Waals surface area contributed by atoms with Crippen LogP contribution in [0.5, 0.6) is 0 Å². The second-order valence-electron chi connectivity index (χ2n) is 5.51. The van der Waals surface area contributed by atoms with Crippen molar-refractivity contribution in [3.8, 4) is 0 Å². The summed E-state index contributed by atoms with van der Waals surface area (Å²) < 4.78 is 21.1. The fourth-order valence-corrected chi connectivity index (χ4v) is 7.38. The summed E-state index contributed by atoms with van der Waals surface area (Å²) >= 11 is 19.9. The van der Waals surface area contributed by atoms with E-state index in [0.717, 1.165) is 0 Å². The van der Waals surface area contributed by atoms with Crippen molar-refractivity contribution in [3.05, 3.63) is 0 Å². The average molecular weight is 539 g/mol. The van der Waals surface area contributed by atoms with Crippen molar-refractivity contribution in [2.24, 2.45) is 0 Å². The smallest absolute Gasteiger partial charge is 0.691 e. The minimum atomic E-state index is -2.39. The van der Waals surface area contributed by atoms with Gasteiger partial charge in [-0.1, -0.05) is 23.6 Å². The van der Waals surface area contributed by atoms with Crippen molar-refractivity contribution in [2.75, 3.05) is 0 Å². The number of hydrogen-bond acceptors (Lipinski definition) is 8. The monoisotopic (exact) mass is 540 g/mol. The Balaban J connectivity index is -0.000000333. The first-order valence-electron chi connectivity index (χ1n) is 7.02. The third-order valence-corrected chi connectivity index (χ3v) is 6.14. The summed E-state index contributed by atoms with van der Waals surface area (Å²) in [5.41, 5.74) is -4.78. The maximum Gasteiger partial charge on any atom is 2.00 e. The number of rotatable bonds is 8. The zero-order valence-electron chi connectivity index (χ0n) is 15.2. The Kier molecular flexibility index (Phi) is 19.6. The standard InChI is InChI=1S/2C6H15O2PS2.Cd/c2*1-5(2)7-9(10,11)8-6(3)4;/h2*5-6H,1-4H3,(H,10,11);/q;;+2/p-2. The molecule has 0 atom stereocenters. The molecule has 0 aliphatic heterocycles. The van der Waals surface area contributed by atoms with E-state index < -0.39 is 11.4 Å². The van der Waals surface area contributed by atoms with Gasteiger partial charge in [-0.3, -0.25) is 0 Å². The van der Waals surface area contributed by atoms with E-state index in [0.29, 0.717) is 0 Å². The molecule has 136 valence electrons. The largest absolute Gasteiger partial charge is 2.00 e. The van der Waals surface area contributed by atoms with Gasteiger partial charge in [0, 0.05) is 0 Å². The van der Waals surface area contributed by atoms with Crippen LogP contribution in [0.2, 0.25) is 0 Å². The van der Waals surface area contributed by atoms with Gasteiger partial charge in [-0.15, -0.1) is 0 Å². The first kappa shape index (κ1) is 30.5. The zero-order valence-corrected chi connectivity index (χ0v) is 24.3. The van der Waals surface area contributed by atoms with Crippen LogP contribution in [-0.4, -0.2) is 24.4 Å². The molecular weight excluding hydrogens is 511 g/mol. The van der Waals surface area contributed by atoms with Crippen LogP contribution in [0.3, 0.4) is 0 Å². The van der Waals surface area contributed by atoms with E-state index in [9.17, 15) is 0 Å². The molecule has 0 saturated heterocycles. The molecule has 0 aromatic carbocycles. The Morgan fingerprint density at radius 2 is 0.696 bits per heavy atom. The van der Waals surface area contributed by atoms with Crippen molar-refractivity contribution in [1.82, 2.24) is 0 Å². The van der Waals surface area contributed by atoms with Crippen molar-refractivity contribution >= 4 is 59.5 Å². The fraction of sp³-hybridized carbons (Fsp3) is 1.00. The van der Waals surface area contributed by atoms with Crippen molar-refractivity contribution in [3.63, 3.8) is 0 Å². The number of hydrogen-bond donors (Lipinski definition) is 0. The van der Waals surface area contributed by atoms with Gasteiger partial charge in [-0.25, -0.2) is 0 Å². The minimum absolute atomic E-state index is 0. The molecule has 4 nitrogen and oxygen atoms in total. The molecular formula is C12H28CdO4P2S4. The predicted molar refractivity (Wildman–Crippen MR) is 108 cm³/mol. The zero-order chi connectivity index (χ0) is 18.1. The van der Waals surface area contributed by atoms with E-state index in [1.54, 1.807) is 0 Å². The molecule has 0 amide bonds. The van der Waals surface area contributed by atoms with E-state index in [2.05, 4.69) is 0 Å². The molecule has 0 aromatic heterocycles. The molecule has 0 N–H and O–H groups in total. The molecule has 23 heavy (non-hydrogen) atoms. The summed E-state index contributed by atoms with van der Waals surface area (Å²) in [6, 6.07) is 0. The van der Waals surface area contributed by atoms with E-state index in [1.807, 2.05) is 55.4 Å². The Morgan fingerprint density at radius 1 is 0.565 bits per heavy atom. The maximum absolute atomic E-state index is 5.27. The molecule has 0 rings (SSSR count). The predicted octanol–water partition coefficient (Wildman–Crippen LogP) is 5.21. The topological polar surface area (TPSA) is 36.9 Å². The van der Waals surface area contributed by atoms with Crippen molar-refractivity contribution < 1.29 is 45.4 Å². The molecule has 0 saturated carbocycles. The molecule has 0 aromatic rings. The molecule has 0 aliphatic carbocycles. The molecule has 0 aliphatic rings. The third-order valence-electron chi connectivity index (χ3n) is 1.36. The summed E-state index contributed by atoms with van der Waals surface area (Å²) in [6.45, 7) is 15.2. The maximum atomic E-state index is 5.27. The van der Waals surface area contributed by atoms with E-state index in [-0.39, 0.29) is 51.7 Å². The van der Waals surface area contributed by atoms with Crippen LogP contribution in [0.25, 0.3) is 0 Å². The van der Waals surface area contributed by atoms with E-state index >= 15 is 0 Å². The molecule has 0 spiro atoms. The molecule has 0 unspecified atom stereocenters. The second kappa shape index (κ2) is 14.8. The molecule has 0 bridgehead atoms. The first-order valence-corrected chi connectivity index (χ1v) is 14.3. The average Bonchev–Trinajstić information content (AvgIpc) is 2.06. The van der Waals surface area contributed by atoms with Crippen LogP contribution in [0.15, 0.2) is 0 Å². The van der Waals surface area contributed by atoms with E-state index in [1.165, 1.54) is 0 Å². The summed E-state index contributed by atoms with van der Waals surface area (Å²) in [7, 11) is 0. The summed E-state index contributed by atoms with van der Waals surface area (Å²) in [4.78, 5) is 0. The van der Waals surface area contributed by atoms with Crippen LogP contribution >= 0.6 is 11.4 Å². The van der Waals surface area contributed by atoms with Gasteiger partial charge in [-0.2, -0.15) is 0 Å². The normalized spacial score (nSPS) is 12.4. The summed E-state index contributed by atoms with van der Waals surface area (Å²) in [6.07, 6.45) is 0.211. The summed E-state index contributed by atoms with van der Waals surface area (Å²) in [5, 5.41) is 0. The molecule has 11 heteroatoms. The second-order valence-corrected chi connectivity index (χ2v) is 15.3. The van der Waals surface area contributed by atoms with E-state index in [4.69, 9.17) is 66.2 Å². The van der Waals surface area contributed by atoms with Crippen LogP contribution in [-0.2, 0) is 93.5 Å².